The van der Waals surface area contributed by atoms with E-state index in [0.29, 0.717) is 5.95 Å². The van der Waals surface area contributed by atoms with Crippen molar-refractivity contribution in [2.24, 2.45) is 0 Å². The predicted octanol–water partition coefficient (Wildman–Crippen LogP) is 1.72. The maximum Gasteiger partial charge on any atom is 0.225 e. The van der Waals surface area contributed by atoms with Crippen LogP contribution in [-0.4, -0.2) is 39.6 Å². The molecule has 0 aliphatic carbocycles. The van der Waals surface area contributed by atoms with E-state index in [1.165, 1.54) is 6.33 Å². The first-order valence-electron chi connectivity index (χ1n) is 6.54. The lowest BCUT2D eigenvalue weighted by molar-refractivity contribution is 1.06. The molecule has 0 spiro atoms. The van der Waals surface area contributed by atoms with Crippen molar-refractivity contribution in [1.82, 2.24) is 19.9 Å². The van der Waals surface area contributed by atoms with Crippen molar-refractivity contribution >= 4 is 28.6 Å². The second-order valence-electron chi connectivity index (χ2n) is 3.91. The van der Waals surface area contributed by atoms with Gasteiger partial charge in [-0.25, -0.2) is 15.0 Å². The molecule has 2 rings (SSSR count). The first kappa shape index (κ1) is 13.3. The third-order valence-electron chi connectivity index (χ3n) is 2.51. The van der Waals surface area contributed by atoms with E-state index in [0.717, 1.165) is 42.3 Å². The zero-order valence-corrected chi connectivity index (χ0v) is 11.5. The van der Waals surface area contributed by atoms with Crippen LogP contribution < -0.4 is 16.0 Å². The van der Waals surface area contributed by atoms with Crippen LogP contribution in [-0.2, 0) is 0 Å². The van der Waals surface area contributed by atoms with Gasteiger partial charge in [-0.15, -0.1) is 0 Å². The Hall–Kier alpha value is -2.18. The van der Waals surface area contributed by atoms with E-state index in [9.17, 15) is 0 Å². The number of anilines is 3. The molecule has 0 aromatic carbocycles. The normalized spacial score (nSPS) is 10.5. The zero-order valence-electron chi connectivity index (χ0n) is 11.5. The molecule has 2 heterocycles. The molecular formula is C12H19N7. The lowest BCUT2D eigenvalue weighted by Crippen LogP contribution is -2.10. The monoisotopic (exact) mass is 261 g/mol. The van der Waals surface area contributed by atoms with Gasteiger partial charge in [0.15, 0.2) is 11.6 Å². The Morgan fingerprint density at radius 2 is 1.47 bits per heavy atom. The molecular weight excluding hydrogens is 242 g/mol. The molecule has 0 fully saturated rings. The van der Waals surface area contributed by atoms with Crippen molar-refractivity contribution in [2.75, 3.05) is 35.6 Å². The number of nitrogens with zero attached hydrogens (tertiary/aromatic N) is 4. The van der Waals surface area contributed by atoms with E-state index in [-0.39, 0.29) is 0 Å². The van der Waals surface area contributed by atoms with Crippen LogP contribution in [0.2, 0.25) is 0 Å². The third kappa shape index (κ3) is 2.81. The smallest absolute Gasteiger partial charge is 0.225 e. The second-order valence-corrected chi connectivity index (χ2v) is 3.91. The zero-order chi connectivity index (χ0) is 13.7. The summed E-state index contributed by atoms with van der Waals surface area (Å²) in [6, 6.07) is 0. The Labute approximate surface area is 112 Å². The first-order valence-corrected chi connectivity index (χ1v) is 6.54. The van der Waals surface area contributed by atoms with Crippen LogP contribution in [0.15, 0.2) is 6.33 Å². The minimum absolute atomic E-state index is 0.583. The Bertz CT molecular complexity index is 555. The van der Waals surface area contributed by atoms with Crippen LogP contribution in [0.5, 0.6) is 0 Å². The summed E-state index contributed by atoms with van der Waals surface area (Å²) in [5, 5.41) is 9.52. The van der Waals surface area contributed by atoms with E-state index in [2.05, 4.69) is 35.9 Å². The predicted molar refractivity (Wildman–Crippen MR) is 77.6 cm³/mol. The average molecular weight is 261 g/mol. The Morgan fingerprint density at radius 3 is 2.16 bits per heavy atom. The van der Waals surface area contributed by atoms with Gasteiger partial charge < -0.3 is 16.0 Å². The fraction of sp³-hybridized carbons (Fsp3) is 0.500. The summed E-state index contributed by atoms with van der Waals surface area (Å²) >= 11 is 0. The Kier molecular flexibility index (Phi) is 4.27. The highest BCUT2D eigenvalue weighted by atomic mass is 15.2. The largest absolute Gasteiger partial charge is 0.368 e. The lowest BCUT2D eigenvalue weighted by atomic mass is 10.3. The van der Waals surface area contributed by atoms with Gasteiger partial charge in [0.1, 0.15) is 17.4 Å². The van der Waals surface area contributed by atoms with Crippen LogP contribution >= 0.6 is 0 Å². The molecule has 0 saturated heterocycles. The summed E-state index contributed by atoms with van der Waals surface area (Å²) in [5.41, 5.74) is 1.46. The highest BCUT2D eigenvalue weighted by molar-refractivity contribution is 5.93. The highest BCUT2D eigenvalue weighted by Gasteiger charge is 2.12. The molecule has 7 heteroatoms. The summed E-state index contributed by atoms with van der Waals surface area (Å²) in [4.78, 5) is 17.4. The van der Waals surface area contributed by atoms with Gasteiger partial charge in [-0.3, -0.25) is 0 Å². The molecule has 0 atom stereocenters. The number of hydrogen-bond donors (Lipinski definition) is 3. The number of nitrogens with one attached hydrogen (secondary N) is 3. The van der Waals surface area contributed by atoms with Crippen molar-refractivity contribution in [3.8, 4) is 0 Å². The molecule has 0 amide bonds. The Balaban J connectivity index is 2.60. The van der Waals surface area contributed by atoms with Gasteiger partial charge in [0.2, 0.25) is 5.95 Å². The maximum absolute atomic E-state index is 4.48. The number of fused-ring (bicyclic) bond motifs is 1. The maximum atomic E-state index is 4.48. The van der Waals surface area contributed by atoms with Crippen LogP contribution in [0.3, 0.4) is 0 Å². The molecule has 2 aromatic heterocycles. The summed E-state index contributed by atoms with van der Waals surface area (Å²) in [6.07, 6.45) is 1.53. The molecule has 0 aliphatic rings. The molecule has 0 unspecified atom stereocenters. The number of hydrogen-bond acceptors (Lipinski definition) is 7. The lowest BCUT2D eigenvalue weighted by Gasteiger charge is -2.11. The van der Waals surface area contributed by atoms with E-state index in [1.807, 2.05) is 20.8 Å². The topological polar surface area (TPSA) is 87.7 Å². The van der Waals surface area contributed by atoms with Crippen LogP contribution in [0.4, 0.5) is 17.6 Å². The van der Waals surface area contributed by atoms with Gasteiger partial charge in [0.25, 0.3) is 0 Å². The Morgan fingerprint density at radius 1 is 0.789 bits per heavy atom. The summed E-state index contributed by atoms with van der Waals surface area (Å²) < 4.78 is 0. The molecule has 0 saturated carbocycles. The fourth-order valence-electron chi connectivity index (χ4n) is 1.77. The molecule has 0 aliphatic heterocycles. The number of rotatable bonds is 6. The fourth-order valence-corrected chi connectivity index (χ4v) is 1.77. The quantitative estimate of drug-likeness (QED) is 0.729. The van der Waals surface area contributed by atoms with Crippen LogP contribution in [0.1, 0.15) is 20.8 Å². The van der Waals surface area contributed by atoms with E-state index < -0.39 is 0 Å². The standard InChI is InChI=1S/C12H19N7/c1-4-13-10-9-8(16-7-17-10)11(14-5-2)19-12(18-9)15-6-3/h7H,4-6H2,1-3H3,(H,13,16,17)(H2,14,15,18,19). The molecule has 102 valence electrons. The highest BCUT2D eigenvalue weighted by Crippen LogP contribution is 2.24. The van der Waals surface area contributed by atoms with Gasteiger partial charge in [0.05, 0.1) is 0 Å². The average Bonchev–Trinajstić information content (AvgIpc) is 2.41. The van der Waals surface area contributed by atoms with Crippen LogP contribution in [0.25, 0.3) is 11.0 Å². The first-order chi connectivity index (χ1) is 9.30. The molecule has 19 heavy (non-hydrogen) atoms. The third-order valence-corrected chi connectivity index (χ3v) is 2.51. The summed E-state index contributed by atoms with van der Waals surface area (Å²) in [6.45, 7) is 8.37. The van der Waals surface area contributed by atoms with Crippen molar-refractivity contribution in [1.29, 1.82) is 0 Å². The summed E-state index contributed by atoms with van der Waals surface area (Å²) in [5.74, 6) is 2.04. The number of aromatic nitrogens is 4. The van der Waals surface area contributed by atoms with Gasteiger partial charge in [-0.05, 0) is 20.8 Å². The van der Waals surface area contributed by atoms with Crippen molar-refractivity contribution < 1.29 is 0 Å². The van der Waals surface area contributed by atoms with Gasteiger partial charge in [-0.2, -0.15) is 4.98 Å². The van der Waals surface area contributed by atoms with E-state index >= 15 is 0 Å². The minimum atomic E-state index is 0.583. The van der Waals surface area contributed by atoms with E-state index in [4.69, 9.17) is 0 Å². The van der Waals surface area contributed by atoms with Crippen molar-refractivity contribution in [3.63, 3.8) is 0 Å². The van der Waals surface area contributed by atoms with Gasteiger partial charge in [-0.1, -0.05) is 0 Å². The minimum Gasteiger partial charge on any atom is -0.368 e. The van der Waals surface area contributed by atoms with Crippen molar-refractivity contribution in [2.45, 2.75) is 20.8 Å². The molecule has 3 N–H and O–H groups in total. The second kappa shape index (κ2) is 6.12. The summed E-state index contributed by atoms with van der Waals surface area (Å²) in [7, 11) is 0. The molecule has 2 aromatic rings. The molecule has 0 bridgehead atoms. The van der Waals surface area contributed by atoms with Gasteiger partial charge in [0, 0.05) is 19.6 Å². The van der Waals surface area contributed by atoms with E-state index in [1.54, 1.807) is 0 Å². The van der Waals surface area contributed by atoms with Gasteiger partial charge >= 0.3 is 0 Å². The SMILES string of the molecule is CCNc1nc(NCC)c2ncnc(NCC)c2n1. The van der Waals surface area contributed by atoms with Crippen molar-refractivity contribution in [3.05, 3.63) is 6.33 Å². The van der Waals surface area contributed by atoms with Crippen LogP contribution in [0, 0.1) is 0 Å². The molecule has 0 radical (unpaired) electrons. The molecule has 7 nitrogen and oxygen atoms in total.